The highest BCUT2D eigenvalue weighted by Crippen LogP contribution is 2.46. The number of ketones is 2. The summed E-state index contributed by atoms with van der Waals surface area (Å²) in [4.78, 5) is 38.4. The summed E-state index contributed by atoms with van der Waals surface area (Å²) in [6, 6.07) is 0. The molecule has 1 aliphatic carbocycles. The zero-order chi connectivity index (χ0) is 22.6. The molecule has 1 saturated carbocycles. The fraction of sp³-hybridized carbons (Fsp3) is 0.917. The summed E-state index contributed by atoms with van der Waals surface area (Å²) in [5.41, 5.74) is -1.63. The molecule has 3 rings (SSSR count). The Kier molecular flexibility index (Phi) is 6.07. The monoisotopic (exact) mass is 422 g/mol. The minimum atomic E-state index is -0.776. The molecule has 6 heteroatoms. The molecular weight excluding hydrogens is 380 g/mol. The van der Waals surface area contributed by atoms with Gasteiger partial charge in [0.2, 0.25) is 5.79 Å². The lowest BCUT2D eigenvalue weighted by Gasteiger charge is -2.57. The number of hydrogen-bond acceptors (Lipinski definition) is 6. The average Bonchev–Trinajstić information content (AvgIpc) is 2.54. The molecule has 0 spiro atoms. The summed E-state index contributed by atoms with van der Waals surface area (Å²) in [6.07, 6.45) is 6.76. The molecule has 0 aromatic carbocycles. The van der Waals surface area contributed by atoms with E-state index in [4.69, 9.17) is 9.68 Å². The van der Waals surface area contributed by atoms with Crippen LogP contribution in [-0.2, 0) is 19.3 Å². The van der Waals surface area contributed by atoms with E-state index in [-0.39, 0.29) is 11.6 Å². The predicted octanol–water partition coefficient (Wildman–Crippen LogP) is 4.95. The zero-order valence-electron chi connectivity index (χ0n) is 20.4. The van der Waals surface area contributed by atoms with Crippen molar-refractivity contribution in [3.05, 3.63) is 0 Å². The Morgan fingerprint density at radius 1 is 0.567 bits per heavy atom. The first-order valence-corrected chi connectivity index (χ1v) is 11.6. The van der Waals surface area contributed by atoms with Crippen molar-refractivity contribution in [1.82, 2.24) is 10.1 Å². The van der Waals surface area contributed by atoms with Gasteiger partial charge in [-0.2, -0.15) is 10.1 Å². The van der Waals surface area contributed by atoms with Gasteiger partial charge in [-0.05, 0) is 68.2 Å². The smallest absolute Gasteiger partial charge is 0.207 e. The molecule has 0 aromatic rings. The Morgan fingerprint density at radius 2 is 0.867 bits per heavy atom. The van der Waals surface area contributed by atoms with Crippen LogP contribution < -0.4 is 0 Å². The third-order valence-electron chi connectivity index (χ3n) is 6.85. The molecule has 3 aliphatic rings. The molecule has 0 aromatic heterocycles. The van der Waals surface area contributed by atoms with Crippen molar-refractivity contribution < 1.29 is 19.3 Å². The number of hydroxylamine groups is 4. The first-order valence-electron chi connectivity index (χ1n) is 11.6. The fourth-order valence-corrected chi connectivity index (χ4v) is 6.10. The zero-order valence-corrected chi connectivity index (χ0v) is 20.4. The van der Waals surface area contributed by atoms with E-state index in [2.05, 4.69) is 55.4 Å². The summed E-state index contributed by atoms with van der Waals surface area (Å²) in [7, 11) is 0. The molecule has 0 radical (unpaired) electrons. The topological polar surface area (TPSA) is 59.1 Å². The molecule has 0 atom stereocenters. The fourth-order valence-electron chi connectivity index (χ4n) is 6.10. The van der Waals surface area contributed by atoms with Crippen molar-refractivity contribution in [1.29, 1.82) is 0 Å². The summed E-state index contributed by atoms with van der Waals surface area (Å²) in [5, 5.41) is 4.09. The van der Waals surface area contributed by atoms with Crippen LogP contribution in [0.4, 0.5) is 0 Å². The largest absolute Gasteiger partial charge is 0.300 e. The molecular formula is C24H42N2O4. The maximum atomic E-state index is 12.4. The number of rotatable bonds is 4. The van der Waals surface area contributed by atoms with E-state index in [1.807, 2.05) is 10.1 Å². The first-order chi connectivity index (χ1) is 13.6. The van der Waals surface area contributed by atoms with Gasteiger partial charge in [0.25, 0.3) is 0 Å². The van der Waals surface area contributed by atoms with Crippen LogP contribution in [0.25, 0.3) is 0 Å². The lowest BCUT2D eigenvalue weighted by molar-refractivity contribution is -0.470. The van der Waals surface area contributed by atoms with Crippen LogP contribution in [0.1, 0.15) is 113 Å². The highest BCUT2D eigenvalue weighted by molar-refractivity contribution is 5.82. The molecule has 2 saturated heterocycles. The Morgan fingerprint density at radius 3 is 1.17 bits per heavy atom. The van der Waals surface area contributed by atoms with E-state index in [9.17, 15) is 9.59 Å². The Balaban J connectivity index is 1.93. The number of hydrogen-bond donors (Lipinski definition) is 0. The highest BCUT2D eigenvalue weighted by Gasteiger charge is 2.54. The van der Waals surface area contributed by atoms with E-state index in [0.29, 0.717) is 25.7 Å². The van der Waals surface area contributed by atoms with Gasteiger partial charge in [-0.3, -0.25) is 19.3 Å². The van der Waals surface area contributed by atoms with Gasteiger partial charge in [0.05, 0.1) is 0 Å². The standard InChI is InChI=1S/C24H42N2O4/c1-20(2)14-18(27)15-21(3,4)25(20)29-24(12-10-9-11-13-24)30-26-22(5,6)16-19(28)17-23(26,7)8/h9-17H2,1-8H3. The van der Waals surface area contributed by atoms with Crippen molar-refractivity contribution in [2.75, 3.05) is 0 Å². The SMILES string of the molecule is CC1(C)CC(=O)CC(C)(C)N1OC1(ON2C(C)(C)CC(=O)CC2(C)C)CCCCC1. The molecule has 0 bridgehead atoms. The van der Waals surface area contributed by atoms with Crippen LogP contribution in [0.2, 0.25) is 0 Å². The number of Topliss-reactive ketones (excluding diaryl/α,β-unsaturated/α-hetero) is 2. The maximum Gasteiger partial charge on any atom is 0.207 e. The van der Waals surface area contributed by atoms with Crippen molar-refractivity contribution in [2.24, 2.45) is 0 Å². The van der Waals surface area contributed by atoms with E-state index < -0.39 is 27.9 Å². The maximum absolute atomic E-state index is 12.4. The number of carbonyl (C=O) groups excluding carboxylic acids is 2. The van der Waals surface area contributed by atoms with Gasteiger partial charge in [0.1, 0.15) is 11.6 Å². The predicted molar refractivity (Wildman–Crippen MR) is 116 cm³/mol. The molecule has 2 aliphatic heterocycles. The van der Waals surface area contributed by atoms with Crippen molar-refractivity contribution in [2.45, 2.75) is 141 Å². The quantitative estimate of drug-likeness (QED) is 0.597. The second-order valence-corrected chi connectivity index (χ2v) is 12.3. The molecule has 3 fully saturated rings. The molecule has 172 valence electrons. The van der Waals surface area contributed by atoms with Crippen LogP contribution in [-0.4, -0.2) is 49.6 Å². The van der Waals surface area contributed by atoms with Crippen LogP contribution in [0, 0.1) is 0 Å². The summed E-state index contributed by atoms with van der Waals surface area (Å²) >= 11 is 0. The molecule has 0 amide bonds. The van der Waals surface area contributed by atoms with Crippen LogP contribution in [0.15, 0.2) is 0 Å². The minimum absolute atomic E-state index is 0.278. The van der Waals surface area contributed by atoms with Crippen molar-refractivity contribution in [3.8, 4) is 0 Å². The summed E-state index contributed by atoms with van der Waals surface area (Å²) in [5.74, 6) is -0.220. The van der Waals surface area contributed by atoms with Gasteiger partial charge < -0.3 is 0 Å². The number of nitrogens with zero attached hydrogens (tertiary/aromatic N) is 2. The van der Waals surface area contributed by atoms with Gasteiger partial charge >= 0.3 is 0 Å². The van der Waals surface area contributed by atoms with E-state index in [1.165, 1.54) is 6.42 Å². The van der Waals surface area contributed by atoms with Crippen molar-refractivity contribution in [3.63, 3.8) is 0 Å². The van der Waals surface area contributed by atoms with E-state index in [0.717, 1.165) is 25.7 Å². The van der Waals surface area contributed by atoms with Gasteiger partial charge in [-0.25, -0.2) is 0 Å². The van der Waals surface area contributed by atoms with Gasteiger partial charge in [-0.15, -0.1) is 0 Å². The third-order valence-corrected chi connectivity index (χ3v) is 6.85. The second-order valence-electron chi connectivity index (χ2n) is 12.3. The van der Waals surface area contributed by atoms with Gasteiger partial charge in [0, 0.05) is 60.7 Å². The molecule has 6 nitrogen and oxygen atoms in total. The third kappa shape index (κ3) is 4.67. The summed E-state index contributed by atoms with van der Waals surface area (Å²) < 4.78 is 0. The average molecular weight is 423 g/mol. The Labute approximate surface area is 182 Å². The molecule has 0 N–H and O–H groups in total. The normalized spacial score (nSPS) is 30.9. The lowest BCUT2D eigenvalue weighted by Crippen LogP contribution is -2.67. The molecule has 0 unspecified atom stereocenters. The van der Waals surface area contributed by atoms with Gasteiger partial charge in [0.15, 0.2) is 0 Å². The first kappa shape index (κ1) is 23.8. The Bertz CT molecular complexity index is 597. The minimum Gasteiger partial charge on any atom is -0.300 e. The lowest BCUT2D eigenvalue weighted by atomic mass is 9.81. The van der Waals surface area contributed by atoms with Crippen LogP contribution in [0.3, 0.4) is 0 Å². The Hall–Kier alpha value is -0.820. The number of piperidine rings is 2. The van der Waals surface area contributed by atoms with E-state index in [1.54, 1.807) is 0 Å². The summed E-state index contributed by atoms with van der Waals surface area (Å²) in [6.45, 7) is 16.6. The van der Waals surface area contributed by atoms with Crippen molar-refractivity contribution >= 4 is 11.6 Å². The number of carbonyl (C=O) groups is 2. The van der Waals surface area contributed by atoms with Crippen LogP contribution in [0.5, 0.6) is 0 Å². The van der Waals surface area contributed by atoms with Crippen LogP contribution >= 0.6 is 0 Å². The van der Waals surface area contributed by atoms with E-state index >= 15 is 0 Å². The second kappa shape index (κ2) is 7.65. The van der Waals surface area contributed by atoms with Gasteiger partial charge in [-0.1, -0.05) is 6.42 Å². The molecule has 30 heavy (non-hydrogen) atoms. The highest BCUT2D eigenvalue weighted by atomic mass is 16.9. The molecule has 2 heterocycles.